The molecule has 20 heavy (non-hydrogen) atoms. The van der Waals surface area contributed by atoms with E-state index in [-0.39, 0.29) is 11.9 Å². The minimum atomic E-state index is -1.07. The number of rotatable bonds is 5. The average molecular weight is 285 g/mol. The molecule has 0 aromatic rings. The van der Waals surface area contributed by atoms with Crippen LogP contribution in [0.4, 0.5) is 4.39 Å². The van der Waals surface area contributed by atoms with Crippen LogP contribution in [-0.4, -0.2) is 66.7 Å². The van der Waals surface area contributed by atoms with E-state index in [0.717, 1.165) is 45.6 Å². The molecule has 0 aromatic carbocycles. The fourth-order valence-electron chi connectivity index (χ4n) is 3.12. The SMILES string of the molecule is CCC(F)(CC)CN1CCN(C(=O)[C@@H]2CCCN2)CC1. The third-order valence-electron chi connectivity index (χ3n) is 4.82. The molecule has 1 amide bonds. The van der Waals surface area contributed by atoms with Gasteiger partial charge in [0.25, 0.3) is 0 Å². The Balaban J connectivity index is 1.78. The zero-order chi connectivity index (χ0) is 14.6. The van der Waals surface area contributed by atoms with Gasteiger partial charge in [0.2, 0.25) is 5.91 Å². The molecule has 0 aliphatic carbocycles. The summed E-state index contributed by atoms with van der Waals surface area (Å²) in [4.78, 5) is 16.4. The first kappa shape index (κ1) is 15.7. The molecular weight excluding hydrogens is 257 g/mol. The van der Waals surface area contributed by atoms with Crippen LogP contribution in [-0.2, 0) is 4.79 Å². The summed E-state index contributed by atoms with van der Waals surface area (Å²) in [7, 11) is 0. The number of hydrogen-bond donors (Lipinski definition) is 1. The molecule has 0 unspecified atom stereocenters. The first-order chi connectivity index (χ1) is 9.58. The van der Waals surface area contributed by atoms with Crippen molar-refractivity contribution in [1.82, 2.24) is 15.1 Å². The lowest BCUT2D eigenvalue weighted by atomic mass is 9.98. The summed E-state index contributed by atoms with van der Waals surface area (Å²) < 4.78 is 14.4. The Hall–Kier alpha value is -0.680. The molecule has 0 saturated carbocycles. The minimum absolute atomic E-state index is 0.0214. The third-order valence-corrected chi connectivity index (χ3v) is 4.82. The van der Waals surface area contributed by atoms with Crippen LogP contribution in [0.1, 0.15) is 39.5 Å². The molecule has 2 rings (SSSR count). The van der Waals surface area contributed by atoms with Crippen molar-refractivity contribution >= 4 is 5.91 Å². The fourth-order valence-corrected chi connectivity index (χ4v) is 3.12. The van der Waals surface area contributed by atoms with Crippen LogP contribution >= 0.6 is 0 Å². The van der Waals surface area contributed by atoms with Gasteiger partial charge in [0, 0.05) is 32.7 Å². The molecule has 1 atom stereocenters. The number of nitrogens with zero attached hydrogens (tertiary/aromatic N) is 2. The Morgan fingerprint density at radius 2 is 1.90 bits per heavy atom. The van der Waals surface area contributed by atoms with Crippen molar-refractivity contribution in [3.8, 4) is 0 Å². The smallest absolute Gasteiger partial charge is 0.239 e. The topological polar surface area (TPSA) is 35.6 Å². The lowest BCUT2D eigenvalue weighted by Gasteiger charge is -2.38. The number of nitrogens with one attached hydrogen (secondary N) is 1. The summed E-state index contributed by atoms with van der Waals surface area (Å²) in [5.74, 6) is 0.236. The Bertz CT molecular complexity index is 319. The van der Waals surface area contributed by atoms with Crippen molar-refractivity contribution < 1.29 is 9.18 Å². The Kier molecular flexibility index (Phi) is 5.38. The van der Waals surface area contributed by atoms with Crippen molar-refractivity contribution in [3.05, 3.63) is 0 Å². The van der Waals surface area contributed by atoms with Gasteiger partial charge in [-0.05, 0) is 32.2 Å². The maximum absolute atomic E-state index is 14.4. The van der Waals surface area contributed by atoms with Crippen molar-refractivity contribution in [2.75, 3.05) is 39.3 Å². The van der Waals surface area contributed by atoms with Crippen LogP contribution in [0.25, 0.3) is 0 Å². The van der Waals surface area contributed by atoms with E-state index < -0.39 is 5.67 Å². The number of carbonyl (C=O) groups is 1. The van der Waals surface area contributed by atoms with Crippen molar-refractivity contribution in [3.63, 3.8) is 0 Å². The number of piperazine rings is 1. The highest BCUT2D eigenvalue weighted by atomic mass is 19.1. The summed E-state index contributed by atoms with van der Waals surface area (Å²) >= 11 is 0. The molecule has 5 heteroatoms. The summed E-state index contributed by atoms with van der Waals surface area (Å²) in [6, 6.07) is 0.0214. The first-order valence-electron chi connectivity index (χ1n) is 8.01. The second-order valence-electron chi connectivity index (χ2n) is 6.11. The van der Waals surface area contributed by atoms with E-state index in [1.807, 2.05) is 18.7 Å². The molecule has 0 radical (unpaired) electrons. The molecule has 1 N–H and O–H groups in total. The standard InChI is InChI=1S/C15H28FN3O/c1-3-15(16,4-2)12-18-8-10-19(11-9-18)14(20)13-6-5-7-17-13/h13,17H,3-12H2,1-2H3/t13-/m0/s1. The monoisotopic (exact) mass is 285 g/mol. The largest absolute Gasteiger partial charge is 0.339 e. The van der Waals surface area contributed by atoms with Gasteiger partial charge in [0.05, 0.1) is 6.04 Å². The molecule has 2 saturated heterocycles. The van der Waals surface area contributed by atoms with Gasteiger partial charge in [0.15, 0.2) is 0 Å². The van der Waals surface area contributed by atoms with Crippen LogP contribution in [0, 0.1) is 0 Å². The quantitative estimate of drug-likeness (QED) is 0.829. The number of hydrogen-bond acceptors (Lipinski definition) is 3. The van der Waals surface area contributed by atoms with Crippen molar-refractivity contribution in [2.45, 2.75) is 51.2 Å². The molecule has 4 nitrogen and oxygen atoms in total. The molecule has 2 heterocycles. The zero-order valence-corrected chi connectivity index (χ0v) is 12.8. The van der Waals surface area contributed by atoms with Crippen molar-refractivity contribution in [2.24, 2.45) is 0 Å². The Morgan fingerprint density at radius 3 is 2.40 bits per heavy atom. The maximum Gasteiger partial charge on any atom is 0.239 e. The van der Waals surface area contributed by atoms with Crippen LogP contribution in [0.5, 0.6) is 0 Å². The summed E-state index contributed by atoms with van der Waals surface area (Å²) in [6.07, 6.45) is 3.18. The van der Waals surface area contributed by atoms with Gasteiger partial charge in [0.1, 0.15) is 5.67 Å². The summed E-state index contributed by atoms with van der Waals surface area (Å²) in [6.45, 7) is 8.34. The fraction of sp³-hybridized carbons (Fsp3) is 0.933. The van der Waals surface area contributed by atoms with Gasteiger partial charge < -0.3 is 10.2 Å². The normalized spacial score (nSPS) is 25.1. The molecule has 2 aliphatic rings. The van der Waals surface area contributed by atoms with E-state index in [4.69, 9.17) is 0 Å². The number of carbonyl (C=O) groups excluding carboxylic acids is 1. The Morgan fingerprint density at radius 1 is 1.25 bits per heavy atom. The molecule has 2 aliphatic heterocycles. The molecule has 116 valence electrons. The van der Waals surface area contributed by atoms with E-state index in [1.54, 1.807) is 0 Å². The molecule has 0 spiro atoms. The zero-order valence-electron chi connectivity index (χ0n) is 12.8. The molecule has 0 aromatic heterocycles. The van der Waals surface area contributed by atoms with Gasteiger partial charge in [-0.1, -0.05) is 13.8 Å². The van der Waals surface area contributed by atoms with Crippen molar-refractivity contribution in [1.29, 1.82) is 0 Å². The summed E-state index contributed by atoms with van der Waals surface area (Å²) in [5, 5.41) is 3.26. The van der Waals surface area contributed by atoms with Crippen LogP contribution < -0.4 is 5.32 Å². The van der Waals surface area contributed by atoms with Crippen LogP contribution in [0.15, 0.2) is 0 Å². The Labute approximate surface area is 121 Å². The maximum atomic E-state index is 14.4. The van der Waals surface area contributed by atoms with E-state index in [9.17, 15) is 9.18 Å². The number of amides is 1. The second-order valence-corrected chi connectivity index (χ2v) is 6.11. The number of alkyl halides is 1. The first-order valence-corrected chi connectivity index (χ1v) is 8.01. The van der Waals surface area contributed by atoms with Gasteiger partial charge in [-0.25, -0.2) is 4.39 Å². The van der Waals surface area contributed by atoms with Crippen LogP contribution in [0.2, 0.25) is 0 Å². The third kappa shape index (κ3) is 3.70. The number of halogens is 1. The van der Waals surface area contributed by atoms with Gasteiger partial charge >= 0.3 is 0 Å². The lowest BCUT2D eigenvalue weighted by molar-refractivity contribution is -0.135. The van der Waals surface area contributed by atoms with E-state index in [1.165, 1.54) is 0 Å². The average Bonchev–Trinajstić information content (AvgIpc) is 3.01. The lowest BCUT2D eigenvalue weighted by Crippen LogP contribution is -2.55. The van der Waals surface area contributed by atoms with E-state index >= 15 is 0 Å². The highest BCUT2D eigenvalue weighted by Gasteiger charge is 2.32. The van der Waals surface area contributed by atoms with Crippen LogP contribution in [0.3, 0.4) is 0 Å². The van der Waals surface area contributed by atoms with Gasteiger partial charge in [-0.2, -0.15) is 0 Å². The predicted octanol–water partition coefficient (Wildman–Crippen LogP) is 1.41. The predicted molar refractivity (Wildman–Crippen MR) is 78.5 cm³/mol. The highest BCUT2D eigenvalue weighted by Crippen LogP contribution is 2.22. The molecular formula is C15H28FN3O. The second kappa shape index (κ2) is 6.85. The van der Waals surface area contributed by atoms with E-state index in [0.29, 0.717) is 19.4 Å². The molecule has 0 bridgehead atoms. The highest BCUT2D eigenvalue weighted by molar-refractivity contribution is 5.82. The van der Waals surface area contributed by atoms with E-state index in [2.05, 4.69) is 10.2 Å². The summed E-state index contributed by atoms with van der Waals surface area (Å²) in [5.41, 5.74) is -1.07. The van der Waals surface area contributed by atoms with Gasteiger partial charge in [-0.15, -0.1) is 0 Å². The minimum Gasteiger partial charge on any atom is -0.339 e. The van der Waals surface area contributed by atoms with Gasteiger partial charge in [-0.3, -0.25) is 9.69 Å². The molecule has 2 fully saturated rings.